The highest BCUT2D eigenvalue weighted by atomic mass is 32.2. The van der Waals surface area contributed by atoms with Crippen molar-refractivity contribution in [1.29, 1.82) is 0 Å². The lowest BCUT2D eigenvalue weighted by Gasteiger charge is -2.17. The van der Waals surface area contributed by atoms with Crippen molar-refractivity contribution in [3.63, 3.8) is 0 Å². The zero-order valence-corrected chi connectivity index (χ0v) is 22.3. The van der Waals surface area contributed by atoms with Crippen LogP contribution in [0.25, 0.3) is 11.3 Å². The Hall–Kier alpha value is -3.00. The van der Waals surface area contributed by atoms with E-state index in [1.54, 1.807) is 18.6 Å². The van der Waals surface area contributed by atoms with Gasteiger partial charge in [0.05, 0.1) is 41.5 Å². The number of nitrogen functional groups attached to an aromatic ring is 1. The van der Waals surface area contributed by atoms with E-state index >= 15 is 0 Å². The van der Waals surface area contributed by atoms with Gasteiger partial charge in [-0.15, -0.1) is 11.3 Å². The van der Waals surface area contributed by atoms with Crippen molar-refractivity contribution in [2.75, 3.05) is 19.5 Å². The van der Waals surface area contributed by atoms with E-state index in [-0.39, 0.29) is 16.9 Å². The first kappa shape index (κ1) is 28.6. The fraction of sp³-hybridized carbons (Fsp3) is 0.417. The van der Waals surface area contributed by atoms with Crippen LogP contribution in [0.2, 0.25) is 0 Å². The maximum atomic E-state index is 14.8. The van der Waals surface area contributed by atoms with Crippen molar-refractivity contribution in [2.45, 2.75) is 50.5 Å². The van der Waals surface area contributed by atoms with Crippen molar-refractivity contribution in [1.82, 2.24) is 20.3 Å². The predicted octanol–water partition coefficient (Wildman–Crippen LogP) is 3.64. The molecule has 0 saturated heterocycles. The topological polar surface area (TPSA) is 152 Å². The third kappa shape index (κ3) is 8.81. The summed E-state index contributed by atoms with van der Waals surface area (Å²) < 4.78 is 45.0. The Morgan fingerprint density at radius 2 is 2.08 bits per heavy atom. The number of benzene rings is 1. The number of halogens is 1. The summed E-state index contributed by atoms with van der Waals surface area (Å²) in [5, 5.41) is 4.99. The fourth-order valence-corrected chi connectivity index (χ4v) is 4.27. The lowest BCUT2D eigenvalue weighted by atomic mass is 10.1. The van der Waals surface area contributed by atoms with Crippen LogP contribution in [0.5, 0.6) is 5.88 Å². The SMILES string of the molecule is COCCC(NC(=O)c1ccc(-c2cncc(OC(C)C)n2)cc1F)c1csc(N)n1.O=S([O-])C1CC1. The quantitative estimate of drug-likeness (QED) is 0.360. The van der Waals surface area contributed by atoms with Crippen molar-refractivity contribution >= 4 is 33.5 Å². The number of thiazole rings is 1. The maximum absolute atomic E-state index is 14.8. The smallest absolute Gasteiger partial charge is 0.254 e. The highest BCUT2D eigenvalue weighted by Crippen LogP contribution is 2.25. The summed E-state index contributed by atoms with van der Waals surface area (Å²) in [5.74, 6) is -0.881. The van der Waals surface area contributed by atoms with Gasteiger partial charge in [0.1, 0.15) is 5.82 Å². The van der Waals surface area contributed by atoms with Gasteiger partial charge in [-0.3, -0.25) is 14.0 Å². The van der Waals surface area contributed by atoms with Gasteiger partial charge in [-0.2, -0.15) is 0 Å². The molecule has 2 aromatic heterocycles. The molecule has 37 heavy (non-hydrogen) atoms. The molecule has 0 radical (unpaired) electrons. The molecule has 1 aliphatic carbocycles. The van der Waals surface area contributed by atoms with Gasteiger partial charge < -0.3 is 25.1 Å². The van der Waals surface area contributed by atoms with E-state index in [0.717, 1.165) is 12.8 Å². The normalized spacial score (nSPS) is 14.4. The molecule has 0 spiro atoms. The van der Waals surface area contributed by atoms with Gasteiger partial charge in [-0.05, 0) is 45.2 Å². The summed E-state index contributed by atoms with van der Waals surface area (Å²) in [6, 6.07) is 3.84. The van der Waals surface area contributed by atoms with E-state index < -0.39 is 28.8 Å². The van der Waals surface area contributed by atoms with E-state index in [2.05, 4.69) is 20.3 Å². The second-order valence-corrected chi connectivity index (χ2v) is 10.6. The minimum Gasteiger partial charge on any atom is -0.772 e. The average molecular weight is 551 g/mol. The average Bonchev–Trinajstić information content (AvgIpc) is 3.63. The van der Waals surface area contributed by atoms with E-state index in [4.69, 9.17) is 15.2 Å². The molecule has 200 valence electrons. The number of carbonyl (C=O) groups excluding carboxylic acids is 1. The molecule has 1 fully saturated rings. The number of hydrogen-bond donors (Lipinski definition) is 2. The van der Waals surface area contributed by atoms with Crippen molar-refractivity contribution in [2.24, 2.45) is 0 Å². The van der Waals surface area contributed by atoms with Crippen LogP contribution >= 0.6 is 11.3 Å². The molecule has 3 N–H and O–H groups in total. The minimum atomic E-state index is -1.76. The van der Waals surface area contributed by atoms with Crippen molar-refractivity contribution in [3.05, 3.63) is 53.0 Å². The van der Waals surface area contributed by atoms with E-state index in [0.29, 0.717) is 41.0 Å². The number of rotatable bonds is 10. The zero-order chi connectivity index (χ0) is 26.9. The number of amides is 1. The number of hydrogen-bond acceptors (Lipinski definition) is 10. The highest BCUT2D eigenvalue weighted by Gasteiger charge is 2.22. The second-order valence-electron chi connectivity index (χ2n) is 8.48. The van der Waals surface area contributed by atoms with Crippen LogP contribution in [-0.4, -0.2) is 54.7 Å². The lowest BCUT2D eigenvalue weighted by Crippen LogP contribution is -2.30. The summed E-state index contributed by atoms with van der Waals surface area (Å²) in [6.07, 6.45) is 5.18. The van der Waals surface area contributed by atoms with E-state index in [1.165, 1.54) is 35.9 Å². The molecule has 10 nitrogen and oxygen atoms in total. The summed E-state index contributed by atoms with van der Waals surface area (Å²) >= 11 is -0.482. The molecular weight excluding hydrogens is 521 g/mol. The number of nitrogens with one attached hydrogen (secondary N) is 1. The van der Waals surface area contributed by atoms with Gasteiger partial charge in [0.25, 0.3) is 5.91 Å². The fourth-order valence-electron chi connectivity index (χ4n) is 3.13. The Balaban J connectivity index is 0.000000555. The number of carbonyl (C=O) groups is 1. The van der Waals surface area contributed by atoms with Gasteiger partial charge in [0, 0.05) is 29.9 Å². The lowest BCUT2D eigenvalue weighted by molar-refractivity contribution is 0.0919. The molecule has 13 heteroatoms. The number of nitrogens with zero attached hydrogens (tertiary/aromatic N) is 3. The maximum Gasteiger partial charge on any atom is 0.254 e. The highest BCUT2D eigenvalue weighted by molar-refractivity contribution is 7.80. The largest absolute Gasteiger partial charge is 0.772 e. The second kappa shape index (κ2) is 13.5. The Morgan fingerprint density at radius 1 is 1.32 bits per heavy atom. The Labute approximate surface area is 221 Å². The number of aromatic nitrogens is 3. The van der Waals surface area contributed by atoms with Crippen molar-refractivity contribution in [3.8, 4) is 17.1 Å². The molecule has 2 heterocycles. The third-order valence-electron chi connectivity index (χ3n) is 5.09. The van der Waals surface area contributed by atoms with Gasteiger partial charge in [-0.25, -0.2) is 14.4 Å². The zero-order valence-electron chi connectivity index (χ0n) is 20.7. The Bertz CT molecular complexity index is 1220. The Kier molecular flexibility index (Phi) is 10.4. The Morgan fingerprint density at radius 3 is 2.62 bits per heavy atom. The van der Waals surface area contributed by atoms with Crippen LogP contribution in [0.1, 0.15) is 55.2 Å². The first-order valence-electron chi connectivity index (χ1n) is 11.5. The number of nitrogens with two attached hydrogens (primary N) is 1. The first-order chi connectivity index (χ1) is 17.7. The molecule has 3 aromatic rings. The van der Waals surface area contributed by atoms with Crippen LogP contribution in [0.15, 0.2) is 36.0 Å². The predicted molar refractivity (Wildman–Crippen MR) is 138 cm³/mol. The van der Waals surface area contributed by atoms with Crippen molar-refractivity contribution < 1.29 is 27.4 Å². The molecule has 1 saturated carbocycles. The molecule has 1 aliphatic rings. The standard InChI is InChI=1S/C21H24FN5O3S.C3H6O2S/c1-12(2)30-19-10-24-9-17(25-19)13-4-5-14(15(22)8-13)20(28)26-16(6-7-29-3)18-11-31-21(23)27-18;4-6(5)3-1-2-3/h4-5,8-12,16H,6-7H2,1-3H3,(H2,23,27)(H,26,28);3H,1-2H2,(H,4,5)/p-1. The van der Waals surface area contributed by atoms with Gasteiger partial charge in [0.2, 0.25) is 5.88 Å². The first-order valence-corrected chi connectivity index (χ1v) is 13.6. The third-order valence-corrected chi connectivity index (χ3v) is 6.80. The molecule has 2 unspecified atom stereocenters. The molecule has 0 aliphatic heterocycles. The number of anilines is 1. The minimum absolute atomic E-state index is 0.0185. The van der Waals surface area contributed by atoms with Crippen LogP contribution in [-0.2, 0) is 15.8 Å². The summed E-state index contributed by atoms with van der Waals surface area (Å²) in [4.78, 5) is 25.4. The number of ether oxygens (including phenoxy) is 2. The summed E-state index contributed by atoms with van der Waals surface area (Å²) in [5.41, 5.74) is 7.16. The molecule has 1 amide bonds. The van der Waals surface area contributed by atoms with Crippen LogP contribution in [0, 0.1) is 5.82 Å². The molecule has 1 aromatic carbocycles. The van der Waals surface area contributed by atoms with Crippen LogP contribution in [0.3, 0.4) is 0 Å². The van der Waals surface area contributed by atoms with Crippen LogP contribution in [0.4, 0.5) is 9.52 Å². The molecule has 0 bridgehead atoms. The monoisotopic (exact) mass is 550 g/mol. The van der Waals surface area contributed by atoms with E-state index in [9.17, 15) is 17.9 Å². The summed E-state index contributed by atoms with van der Waals surface area (Å²) in [7, 11) is 1.57. The summed E-state index contributed by atoms with van der Waals surface area (Å²) in [6.45, 7) is 4.15. The number of methoxy groups -OCH3 is 1. The van der Waals surface area contributed by atoms with Crippen LogP contribution < -0.4 is 15.8 Å². The van der Waals surface area contributed by atoms with Gasteiger partial charge in [-0.1, -0.05) is 17.1 Å². The molecule has 4 rings (SSSR count). The molecular formula is C24H29FN5O5S2-. The van der Waals surface area contributed by atoms with E-state index in [1.807, 2.05) is 13.8 Å². The molecule has 2 atom stereocenters. The van der Waals surface area contributed by atoms with Gasteiger partial charge in [0.15, 0.2) is 5.13 Å². The van der Waals surface area contributed by atoms with Gasteiger partial charge >= 0.3 is 0 Å².